The fraction of sp³-hybridized carbons (Fsp3) is 0.133. The highest BCUT2D eigenvalue weighted by Gasteiger charge is 2.13. The Morgan fingerprint density at radius 1 is 1.24 bits per heavy atom. The van der Waals surface area contributed by atoms with Crippen LogP contribution in [0.4, 0.5) is 5.69 Å². The van der Waals surface area contributed by atoms with Crippen molar-refractivity contribution in [2.75, 3.05) is 5.32 Å². The third-order valence-corrected chi connectivity index (χ3v) is 3.31. The Balaban J connectivity index is 2.32. The third kappa shape index (κ3) is 3.38. The summed E-state index contributed by atoms with van der Waals surface area (Å²) in [4.78, 5) is 27.2. The molecule has 0 fully saturated rings. The number of halogens is 1. The number of nitrogens with zero attached hydrogens (tertiary/aromatic N) is 1. The first-order valence-corrected chi connectivity index (χ1v) is 6.54. The van der Waals surface area contributed by atoms with Crippen molar-refractivity contribution >= 4 is 29.2 Å². The Bertz CT molecular complexity index is 729. The average Bonchev–Trinajstić information content (AvgIpc) is 2.42. The van der Waals surface area contributed by atoms with Gasteiger partial charge in [-0.1, -0.05) is 17.7 Å². The highest BCUT2D eigenvalue weighted by Crippen LogP contribution is 2.20. The Morgan fingerprint density at radius 3 is 2.57 bits per heavy atom. The second kappa shape index (κ2) is 5.93. The molecule has 0 aliphatic carbocycles. The summed E-state index contributed by atoms with van der Waals surface area (Å²) < 4.78 is 0. The quantitative estimate of drug-likeness (QED) is 0.853. The van der Waals surface area contributed by atoms with Gasteiger partial charge in [0.2, 0.25) is 0 Å². The summed E-state index contributed by atoms with van der Waals surface area (Å²) in [6, 6.07) is 7.85. The fourth-order valence-corrected chi connectivity index (χ4v) is 2.05. The molecular formula is C15H13ClN2O3. The molecule has 0 radical (unpaired) electrons. The number of amides is 1. The number of hydrogen-bond acceptors (Lipinski definition) is 3. The van der Waals surface area contributed by atoms with Gasteiger partial charge in [0.1, 0.15) is 10.8 Å². The number of carbonyl (C=O) groups excluding carboxylic acids is 1. The van der Waals surface area contributed by atoms with Crippen molar-refractivity contribution in [2.45, 2.75) is 13.8 Å². The van der Waals surface area contributed by atoms with Crippen LogP contribution in [-0.2, 0) is 0 Å². The van der Waals surface area contributed by atoms with E-state index in [1.165, 1.54) is 12.1 Å². The van der Waals surface area contributed by atoms with E-state index in [1.54, 1.807) is 32.0 Å². The minimum absolute atomic E-state index is 0.157. The average molecular weight is 305 g/mol. The molecule has 0 atom stereocenters. The van der Waals surface area contributed by atoms with Gasteiger partial charge in [-0.05, 0) is 49.2 Å². The van der Waals surface area contributed by atoms with E-state index in [2.05, 4.69) is 10.3 Å². The molecule has 0 aliphatic rings. The molecule has 0 unspecified atom stereocenters. The number of aryl methyl sites for hydroxylation is 1. The maximum absolute atomic E-state index is 12.1. The number of aromatic carboxylic acids is 1. The minimum Gasteiger partial charge on any atom is -0.478 e. The highest BCUT2D eigenvalue weighted by atomic mass is 35.5. The molecule has 2 rings (SSSR count). The lowest BCUT2D eigenvalue weighted by Crippen LogP contribution is -2.14. The first-order valence-electron chi connectivity index (χ1n) is 6.17. The van der Waals surface area contributed by atoms with Crippen LogP contribution in [0.3, 0.4) is 0 Å². The Labute approximate surface area is 126 Å². The van der Waals surface area contributed by atoms with E-state index in [0.717, 1.165) is 5.56 Å². The molecule has 0 aliphatic heterocycles. The predicted octanol–water partition coefficient (Wildman–Crippen LogP) is 3.30. The van der Waals surface area contributed by atoms with E-state index in [4.69, 9.17) is 16.7 Å². The van der Waals surface area contributed by atoms with Gasteiger partial charge in [-0.15, -0.1) is 0 Å². The van der Waals surface area contributed by atoms with Crippen LogP contribution in [0.1, 0.15) is 32.0 Å². The lowest BCUT2D eigenvalue weighted by Gasteiger charge is -2.10. The molecule has 0 spiro atoms. The monoisotopic (exact) mass is 304 g/mol. The fourth-order valence-electron chi connectivity index (χ4n) is 1.88. The molecule has 6 heteroatoms. The second-order valence-electron chi connectivity index (χ2n) is 4.57. The predicted molar refractivity (Wildman–Crippen MR) is 80.1 cm³/mol. The van der Waals surface area contributed by atoms with Gasteiger partial charge < -0.3 is 10.4 Å². The van der Waals surface area contributed by atoms with E-state index in [9.17, 15) is 9.59 Å². The van der Waals surface area contributed by atoms with E-state index in [0.29, 0.717) is 11.3 Å². The van der Waals surface area contributed by atoms with Crippen LogP contribution < -0.4 is 5.32 Å². The summed E-state index contributed by atoms with van der Waals surface area (Å²) >= 11 is 5.74. The summed E-state index contributed by atoms with van der Waals surface area (Å²) in [5.74, 6) is -1.48. The van der Waals surface area contributed by atoms with Gasteiger partial charge in [0.15, 0.2) is 0 Å². The van der Waals surface area contributed by atoms with Gasteiger partial charge in [0.25, 0.3) is 5.91 Å². The number of benzene rings is 1. The van der Waals surface area contributed by atoms with Gasteiger partial charge >= 0.3 is 5.97 Å². The summed E-state index contributed by atoms with van der Waals surface area (Å²) in [6.07, 6.45) is 0. The Kier molecular flexibility index (Phi) is 4.23. The number of nitrogens with one attached hydrogen (secondary N) is 1. The molecule has 1 heterocycles. The molecule has 0 bridgehead atoms. The van der Waals surface area contributed by atoms with Gasteiger partial charge in [-0.2, -0.15) is 0 Å². The van der Waals surface area contributed by atoms with Crippen LogP contribution in [0.25, 0.3) is 0 Å². The topological polar surface area (TPSA) is 79.3 Å². The standard InChI is InChI=1S/C15H13ClN2O3/c1-8-6-10(7-11(9(8)2)15(20)21)17-14(19)12-4-3-5-13(16)18-12/h3-7H,1-2H3,(H,17,19)(H,20,21). The van der Waals surface area contributed by atoms with Gasteiger partial charge in [-0.3, -0.25) is 4.79 Å². The first kappa shape index (κ1) is 15.0. The van der Waals surface area contributed by atoms with Crippen molar-refractivity contribution < 1.29 is 14.7 Å². The van der Waals surface area contributed by atoms with Crippen molar-refractivity contribution in [2.24, 2.45) is 0 Å². The van der Waals surface area contributed by atoms with Gasteiger partial charge in [0.05, 0.1) is 5.56 Å². The lowest BCUT2D eigenvalue weighted by atomic mass is 10.0. The maximum Gasteiger partial charge on any atom is 0.336 e. The van der Waals surface area contributed by atoms with Crippen LogP contribution in [0.5, 0.6) is 0 Å². The molecule has 21 heavy (non-hydrogen) atoms. The number of anilines is 1. The van der Waals surface area contributed by atoms with Crippen LogP contribution in [0.2, 0.25) is 5.15 Å². The molecule has 2 N–H and O–H groups in total. The third-order valence-electron chi connectivity index (χ3n) is 3.10. The zero-order valence-corrected chi connectivity index (χ0v) is 12.2. The minimum atomic E-state index is -1.03. The number of carboxylic acid groups (broad SMARTS) is 1. The van der Waals surface area contributed by atoms with E-state index >= 15 is 0 Å². The number of carbonyl (C=O) groups is 2. The first-order chi connectivity index (χ1) is 9.88. The van der Waals surface area contributed by atoms with Crippen LogP contribution in [0.15, 0.2) is 30.3 Å². The molecule has 0 saturated heterocycles. The summed E-state index contributed by atoms with van der Waals surface area (Å²) in [6.45, 7) is 3.51. The largest absolute Gasteiger partial charge is 0.478 e. The number of hydrogen-bond donors (Lipinski definition) is 2. The zero-order valence-electron chi connectivity index (χ0n) is 11.5. The van der Waals surface area contributed by atoms with Gasteiger partial charge in [0, 0.05) is 5.69 Å². The molecule has 2 aromatic rings. The van der Waals surface area contributed by atoms with E-state index in [1.807, 2.05) is 0 Å². The summed E-state index contributed by atoms with van der Waals surface area (Å²) in [7, 11) is 0. The zero-order chi connectivity index (χ0) is 15.6. The van der Waals surface area contributed by atoms with Crippen LogP contribution in [-0.4, -0.2) is 22.0 Å². The summed E-state index contributed by atoms with van der Waals surface area (Å²) in [5.41, 5.74) is 2.18. The van der Waals surface area contributed by atoms with Crippen molar-refractivity contribution in [3.8, 4) is 0 Å². The number of aromatic nitrogens is 1. The van der Waals surface area contributed by atoms with E-state index in [-0.39, 0.29) is 16.4 Å². The molecule has 1 aromatic carbocycles. The van der Waals surface area contributed by atoms with Crippen molar-refractivity contribution in [3.05, 3.63) is 57.9 Å². The van der Waals surface area contributed by atoms with Crippen molar-refractivity contribution in [1.82, 2.24) is 4.98 Å². The number of pyridine rings is 1. The number of carboxylic acids is 1. The lowest BCUT2D eigenvalue weighted by molar-refractivity contribution is 0.0695. The smallest absolute Gasteiger partial charge is 0.336 e. The van der Waals surface area contributed by atoms with E-state index < -0.39 is 11.9 Å². The molecule has 1 aromatic heterocycles. The van der Waals surface area contributed by atoms with Crippen LogP contribution >= 0.6 is 11.6 Å². The Morgan fingerprint density at radius 2 is 1.95 bits per heavy atom. The number of rotatable bonds is 3. The van der Waals surface area contributed by atoms with Crippen molar-refractivity contribution in [1.29, 1.82) is 0 Å². The van der Waals surface area contributed by atoms with Gasteiger partial charge in [-0.25, -0.2) is 9.78 Å². The Hall–Kier alpha value is -2.40. The normalized spacial score (nSPS) is 10.2. The molecular weight excluding hydrogens is 292 g/mol. The molecule has 108 valence electrons. The maximum atomic E-state index is 12.1. The highest BCUT2D eigenvalue weighted by molar-refractivity contribution is 6.29. The molecule has 1 amide bonds. The second-order valence-corrected chi connectivity index (χ2v) is 4.96. The summed E-state index contributed by atoms with van der Waals surface area (Å²) in [5, 5.41) is 12.0. The van der Waals surface area contributed by atoms with Crippen molar-refractivity contribution in [3.63, 3.8) is 0 Å². The molecule has 0 saturated carbocycles. The molecule has 5 nitrogen and oxygen atoms in total. The van der Waals surface area contributed by atoms with Crippen LogP contribution in [0, 0.1) is 13.8 Å². The SMILES string of the molecule is Cc1cc(NC(=O)c2cccc(Cl)n2)cc(C(=O)O)c1C.